The van der Waals surface area contributed by atoms with Crippen LogP contribution >= 0.6 is 11.6 Å². The maximum atomic E-state index is 13.8. The van der Waals surface area contributed by atoms with Gasteiger partial charge in [0.05, 0.1) is 28.3 Å². The summed E-state index contributed by atoms with van der Waals surface area (Å²) in [7, 11) is 0. The van der Waals surface area contributed by atoms with Crippen molar-refractivity contribution >= 4 is 35.2 Å². The maximum Gasteiger partial charge on any atom is 0.251 e. The number of halogens is 1. The van der Waals surface area contributed by atoms with Crippen molar-refractivity contribution in [3.63, 3.8) is 0 Å². The molecule has 0 unspecified atom stereocenters. The van der Waals surface area contributed by atoms with Crippen LogP contribution in [0, 0.1) is 38.9 Å². The second kappa shape index (κ2) is 20.8. The first-order valence-electron chi connectivity index (χ1n) is 21.6. The van der Waals surface area contributed by atoms with Crippen molar-refractivity contribution in [2.45, 2.75) is 124 Å². The standard InChI is InChI=1S/C49H61ClN6O7/c1-47(2,3)41(44(61)56-29-36(57)24-39(56)43(60)53-28-33-15-13-32(26-51)14-16-33)54-40(58)30-62-23-11-9-8-10-12-31-17-19-34(20-18-31)42(59)55-45-48(4,5)46(49(45,6)7)63-37-22-21-35(27-52)38(50)25-37/h13-22,25,36,39,41,45-46,57H,8-12,23-24,28-30H2,1-7H3,(H,53,60)(H,54,58)(H,55,59)/t36-,39+,41-,45?,46?/m1/s1. The van der Waals surface area contributed by atoms with E-state index in [2.05, 4.69) is 55.8 Å². The lowest BCUT2D eigenvalue weighted by atomic mass is 9.49. The van der Waals surface area contributed by atoms with Crippen molar-refractivity contribution < 1.29 is 33.8 Å². The molecular formula is C49H61ClN6O7. The lowest BCUT2D eigenvalue weighted by Crippen LogP contribution is -2.74. The Morgan fingerprint density at radius 3 is 2.17 bits per heavy atom. The molecule has 3 aromatic rings. The van der Waals surface area contributed by atoms with E-state index in [1.807, 2.05) is 45.0 Å². The summed E-state index contributed by atoms with van der Waals surface area (Å²) in [6.07, 6.45) is 3.47. The molecule has 14 heteroatoms. The zero-order valence-corrected chi connectivity index (χ0v) is 38.2. The van der Waals surface area contributed by atoms with Gasteiger partial charge in [-0.2, -0.15) is 10.5 Å². The number of nitriles is 2. The fourth-order valence-electron chi connectivity index (χ4n) is 9.01. The normalized spacial score (nSPS) is 20.3. The van der Waals surface area contributed by atoms with Gasteiger partial charge in [0.25, 0.3) is 5.91 Å². The van der Waals surface area contributed by atoms with Gasteiger partial charge in [0, 0.05) is 54.6 Å². The molecule has 63 heavy (non-hydrogen) atoms. The Kier molecular flexibility index (Phi) is 16.0. The number of ether oxygens (including phenoxy) is 2. The van der Waals surface area contributed by atoms with E-state index < -0.39 is 41.3 Å². The van der Waals surface area contributed by atoms with Crippen molar-refractivity contribution in [2.75, 3.05) is 19.8 Å². The lowest BCUT2D eigenvalue weighted by Gasteiger charge is -2.63. The SMILES string of the molecule is CC1(C)C(NC(=O)c2ccc(CCCCCCOCC(=O)N[C@H](C(=O)N3C[C@H](O)C[C@H]3C(=O)NCc3ccc(C#N)cc3)C(C)(C)C)cc2)C(C)(C)C1Oc1ccc(C#N)c(Cl)c1. The summed E-state index contributed by atoms with van der Waals surface area (Å²) in [5.74, 6) is -0.845. The Morgan fingerprint density at radius 1 is 0.905 bits per heavy atom. The highest BCUT2D eigenvalue weighted by Gasteiger charge is 2.64. The Balaban J connectivity index is 0.991. The van der Waals surface area contributed by atoms with Crippen molar-refractivity contribution in [1.29, 1.82) is 10.5 Å². The maximum absolute atomic E-state index is 13.8. The summed E-state index contributed by atoms with van der Waals surface area (Å²) in [5, 5.41) is 37.9. The van der Waals surface area contributed by atoms with Gasteiger partial charge in [-0.05, 0) is 72.2 Å². The van der Waals surface area contributed by atoms with E-state index in [0.29, 0.717) is 34.1 Å². The highest BCUT2D eigenvalue weighted by molar-refractivity contribution is 6.31. The lowest BCUT2D eigenvalue weighted by molar-refractivity contribution is -0.164. The number of nitrogens with zero attached hydrogens (tertiary/aromatic N) is 3. The summed E-state index contributed by atoms with van der Waals surface area (Å²) in [6.45, 7) is 14.1. The van der Waals surface area contributed by atoms with E-state index in [1.54, 1.807) is 42.5 Å². The molecule has 336 valence electrons. The number of aryl methyl sites for hydroxylation is 1. The number of rotatable bonds is 18. The summed E-state index contributed by atoms with van der Waals surface area (Å²) >= 11 is 6.23. The molecule has 4 N–H and O–H groups in total. The Hall–Kier alpha value is -5.47. The molecule has 3 aromatic carbocycles. The number of aliphatic hydroxyl groups is 1. The van der Waals surface area contributed by atoms with Crippen LogP contribution in [0.3, 0.4) is 0 Å². The molecule has 2 aliphatic rings. The fourth-order valence-corrected chi connectivity index (χ4v) is 9.22. The van der Waals surface area contributed by atoms with E-state index in [9.17, 15) is 29.5 Å². The third-order valence-electron chi connectivity index (χ3n) is 12.2. The number of hydrogen-bond acceptors (Lipinski definition) is 9. The molecule has 0 spiro atoms. The number of amides is 4. The fraction of sp³-hybridized carbons (Fsp3) is 0.510. The van der Waals surface area contributed by atoms with E-state index in [4.69, 9.17) is 26.3 Å². The van der Waals surface area contributed by atoms with Crippen LogP contribution in [0.5, 0.6) is 5.75 Å². The molecule has 13 nitrogen and oxygen atoms in total. The molecule has 1 aliphatic heterocycles. The first kappa shape index (κ1) is 48.6. The van der Waals surface area contributed by atoms with E-state index in [0.717, 1.165) is 43.2 Å². The van der Waals surface area contributed by atoms with Crippen LogP contribution in [-0.2, 0) is 32.1 Å². The minimum atomic E-state index is -0.950. The number of benzene rings is 3. The van der Waals surface area contributed by atoms with Gasteiger partial charge in [-0.3, -0.25) is 19.2 Å². The minimum absolute atomic E-state index is 0.0227. The van der Waals surface area contributed by atoms with E-state index in [-0.39, 0.29) is 55.0 Å². The molecule has 0 radical (unpaired) electrons. The third kappa shape index (κ3) is 12.2. The summed E-state index contributed by atoms with van der Waals surface area (Å²) in [5.41, 5.74) is 2.00. The Morgan fingerprint density at radius 2 is 1.56 bits per heavy atom. The number of aliphatic hydroxyl groups excluding tert-OH is 1. The molecule has 5 rings (SSSR count). The van der Waals surface area contributed by atoms with E-state index >= 15 is 0 Å². The monoisotopic (exact) mass is 880 g/mol. The van der Waals surface area contributed by atoms with Crippen LogP contribution in [0.15, 0.2) is 66.7 Å². The van der Waals surface area contributed by atoms with Gasteiger partial charge < -0.3 is 35.4 Å². The first-order valence-corrected chi connectivity index (χ1v) is 22.0. The molecule has 1 aliphatic carbocycles. The second-order valence-corrected chi connectivity index (χ2v) is 19.4. The summed E-state index contributed by atoms with van der Waals surface area (Å²) < 4.78 is 12.0. The average molecular weight is 882 g/mol. The first-order chi connectivity index (χ1) is 29.8. The summed E-state index contributed by atoms with van der Waals surface area (Å²) in [4.78, 5) is 54.8. The van der Waals surface area contributed by atoms with Gasteiger partial charge in [-0.25, -0.2) is 0 Å². The van der Waals surface area contributed by atoms with Crippen molar-refractivity contribution in [1.82, 2.24) is 20.9 Å². The minimum Gasteiger partial charge on any atom is -0.489 e. The molecule has 2 fully saturated rings. The summed E-state index contributed by atoms with van der Waals surface area (Å²) in [6, 6.07) is 21.7. The number of carbonyl (C=O) groups excluding carboxylic acids is 4. The van der Waals surface area contributed by atoms with Gasteiger partial charge in [-0.15, -0.1) is 0 Å². The van der Waals surface area contributed by atoms with Crippen molar-refractivity contribution in [3.05, 3.63) is 99.6 Å². The quantitative estimate of drug-likeness (QED) is 0.102. The van der Waals surface area contributed by atoms with Crippen LogP contribution in [0.2, 0.25) is 5.02 Å². The van der Waals surface area contributed by atoms with Gasteiger partial charge in [0.1, 0.15) is 36.6 Å². The van der Waals surface area contributed by atoms with Crippen LogP contribution in [0.4, 0.5) is 0 Å². The predicted molar refractivity (Wildman–Crippen MR) is 239 cm³/mol. The smallest absolute Gasteiger partial charge is 0.251 e. The van der Waals surface area contributed by atoms with Crippen LogP contribution < -0.4 is 20.7 Å². The molecule has 1 heterocycles. The topological polar surface area (TPSA) is 194 Å². The molecule has 4 amide bonds. The second-order valence-electron chi connectivity index (χ2n) is 19.0. The van der Waals surface area contributed by atoms with Gasteiger partial charge in [0.15, 0.2) is 0 Å². The molecular weight excluding hydrogens is 820 g/mol. The highest BCUT2D eigenvalue weighted by Crippen LogP contribution is 2.55. The van der Waals surface area contributed by atoms with Crippen LogP contribution in [-0.4, -0.2) is 83.7 Å². The molecule has 0 aromatic heterocycles. The number of likely N-dealkylation sites (tertiary alicyclic amines) is 1. The zero-order chi connectivity index (χ0) is 46.1. The molecule has 0 bridgehead atoms. The van der Waals surface area contributed by atoms with Crippen LogP contribution in [0.1, 0.15) is 113 Å². The number of carbonyl (C=O) groups is 4. The Bertz CT molecular complexity index is 2170. The molecule has 1 saturated carbocycles. The third-order valence-corrected chi connectivity index (χ3v) is 12.5. The predicted octanol–water partition coefficient (Wildman–Crippen LogP) is 6.62. The number of unbranched alkanes of at least 4 members (excludes halogenated alkanes) is 3. The van der Waals surface area contributed by atoms with Crippen molar-refractivity contribution in [3.8, 4) is 17.9 Å². The number of hydrogen-bond donors (Lipinski definition) is 4. The number of nitrogens with one attached hydrogen (secondary N) is 3. The van der Waals surface area contributed by atoms with Gasteiger partial charge in [0.2, 0.25) is 17.7 Å². The van der Waals surface area contributed by atoms with Crippen LogP contribution in [0.25, 0.3) is 0 Å². The largest absolute Gasteiger partial charge is 0.489 e. The molecule has 3 atom stereocenters. The number of β-amino-alcohol motifs (C(OH)–C–C–N with tert-alkyl or cyclic N) is 1. The van der Waals surface area contributed by atoms with E-state index in [1.165, 1.54) is 4.90 Å². The average Bonchev–Trinajstić information content (AvgIpc) is 3.65. The zero-order valence-electron chi connectivity index (χ0n) is 37.4. The van der Waals surface area contributed by atoms with Gasteiger partial charge >= 0.3 is 0 Å². The highest BCUT2D eigenvalue weighted by atomic mass is 35.5. The van der Waals surface area contributed by atoms with Crippen molar-refractivity contribution in [2.24, 2.45) is 16.2 Å². The molecule has 1 saturated heterocycles. The van der Waals surface area contributed by atoms with Gasteiger partial charge in [-0.1, -0.05) is 97.2 Å². The Labute approximate surface area is 376 Å².